The molecule has 0 aliphatic heterocycles. The number of aliphatic hydroxyl groups excluding tert-OH is 1. The molecule has 0 heterocycles. The molecular weight excluding hydrogens is 354 g/mol. The van der Waals surface area contributed by atoms with E-state index >= 15 is 0 Å². The minimum atomic E-state index is -0.843. The van der Waals surface area contributed by atoms with Gasteiger partial charge in [0.25, 0.3) is 0 Å². The van der Waals surface area contributed by atoms with E-state index in [4.69, 9.17) is 23.2 Å². The lowest BCUT2D eigenvalue weighted by atomic mass is 10.0. The van der Waals surface area contributed by atoms with Gasteiger partial charge in [-0.15, -0.1) is 0 Å². The molecule has 0 radical (unpaired) electrons. The fraction of sp³-hybridized carbons (Fsp3) is 0.143. The molecule has 0 spiro atoms. The summed E-state index contributed by atoms with van der Waals surface area (Å²) in [7, 11) is 0. The molecule has 100 valence electrons. The van der Waals surface area contributed by atoms with Crippen molar-refractivity contribution in [2.75, 3.05) is 0 Å². The van der Waals surface area contributed by atoms with Crippen LogP contribution in [0.25, 0.3) is 0 Å². The molecule has 0 fully saturated rings. The van der Waals surface area contributed by atoms with Crippen LogP contribution in [0.2, 0.25) is 10.0 Å². The smallest absolute Gasteiger partial charge is 0.142 e. The minimum Gasteiger partial charge on any atom is -0.388 e. The van der Waals surface area contributed by atoms with Crippen molar-refractivity contribution in [3.63, 3.8) is 0 Å². The van der Waals surface area contributed by atoms with E-state index in [1.807, 2.05) is 0 Å². The number of halogens is 4. The quantitative estimate of drug-likeness (QED) is 0.797. The fourth-order valence-corrected chi connectivity index (χ4v) is 2.64. The van der Waals surface area contributed by atoms with Crippen molar-refractivity contribution in [2.45, 2.75) is 12.5 Å². The molecule has 2 aromatic carbocycles. The molecule has 5 heteroatoms. The standard InChI is InChI=1S/C14H10BrCl2FO/c15-10-5-2-4-9(14(10)17)12(19)7-8-3-1-6-11(18)13(8)16/h1-6,12,19H,7H2. The zero-order chi connectivity index (χ0) is 14.0. The molecule has 0 aliphatic carbocycles. The van der Waals surface area contributed by atoms with E-state index in [0.29, 0.717) is 20.6 Å². The average Bonchev–Trinajstić information content (AvgIpc) is 2.38. The molecular formula is C14H10BrCl2FO. The van der Waals surface area contributed by atoms with Crippen LogP contribution in [-0.4, -0.2) is 5.11 Å². The molecule has 0 aromatic heterocycles. The predicted octanol–water partition coefficient (Wildman–Crippen LogP) is 5.17. The van der Waals surface area contributed by atoms with E-state index in [-0.39, 0.29) is 11.4 Å². The number of rotatable bonds is 3. The summed E-state index contributed by atoms with van der Waals surface area (Å²) in [4.78, 5) is 0. The lowest BCUT2D eigenvalue weighted by molar-refractivity contribution is 0.178. The summed E-state index contributed by atoms with van der Waals surface area (Å²) in [6.45, 7) is 0. The molecule has 19 heavy (non-hydrogen) atoms. The van der Waals surface area contributed by atoms with Gasteiger partial charge in [0.2, 0.25) is 0 Å². The average molecular weight is 364 g/mol. The lowest BCUT2D eigenvalue weighted by Crippen LogP contribution is -2.04. The molecule has 1 atom stereocenters. The number of aliphatic hydroxyl groups is 1. The third kappa shape index (κ3) is 3.29. The maximum atomic E-state index is 13.3. The molecule has 1 N–H and O–H groups in total. The first kappa shape index (κ1) is 14.8. The normalized spacial score (nSPS) is 12.5. The largest absolute Gasteiger partial charge is 0.388 e. The van der Waals surface area contributed by atoms with E-state index < -0.39 is 11.9 Å². The van der Waals surface area contributed by atoms with E-state index in [1.165, 1.54) is 6.07 Å². The highest BCUT2D eigenvalue weighted by Crippen LogP contribution is 2.33. The first-order valence-corrected chi connectivity index (χ1v) is 7.10. The monoisotopic (exact) mass is 362 g/mol. The van der Waals surface area contributed by atoms with Gasteiger partial charge in [-0.3, -0.25) is 0 Å². The molecule has 0 saturated carbocycles. The van der Waals surface area contributed by atoms with Gasteiger partial charge >= 0.3 is 0 Å². The van der Waals surface area contributed by atoms with Gasteiger partial charge in [0.1, 0.15) is 5.82 Å². The Labute approximate surface area is 129 Å². The van der Waals surface area contributed by atoms with Gasteiger partial charge in [-0.1, -0.05) is 47.5 Å². The second-order valence-electron chi connectivity index (χ2n) is 4.08. The van der Waals surface area contributed by atoms with Crippen LogP contribution in [-0.2, 0) is 6.42 Å². The van der Waals surface area contributed by atoms with Crippen molar-refractivity contribution in [1.82, 2.24) is 0 Å². The van der Waals surface area contributed by atoms with Crippen LogP contribution in [0.5, 0.6) is 0 Å². The predicted molar refractivity (Wildman–Crippen MR) is 79.2 cm³/mol. The molecule has 1 nitrogen and oxygen atoms in total. The van der Waals surface area contributed by atoms with Crippen LogP contribution >= 0.6 is 39.1 Å². The zero-order valence-corrected chi connectivity index (χ0v) is 12.8. The Morgan fingerprint density at radius 3 is 2.53 bits per heavy atom. The van der Waals surface area contributed by atoms with Gasteiger partial charge in [-0.05, 0) is 33.6 Å². The first-order valence-electron chi connectivity index (χ1n) is 5.55. The Hall–Kier alpha value is -0.610. The Morgan fingerprint density at radius 1 is 1.11 bits per heavy atom. The SMILES string of the molecule is OC(Cc1cccc(F)c1Cl)c1cccc(Br)c1Cl. The maximum absolute atomic E-state index is 13.3. The highest BCUT2D eigenvalue weighted by atomic mass is 79.9. The van der Waals surface area contributed by atoms with E-state index in [9.17, 15) is 9.50 Å². The lowest BCUT2D eigenvalue weighted by Gasteiger charge is -2.14. The molecule has 0 bridgehead atoms. The molecule has 2 rings (SSSR count). The summed E-state index contributed by atoms with van der Waals surface area (Å²) < 4.78 is 14.0. The van der Waals surface area contributed by atoms with Crippen LogP contribution in [0.15, 0.2) is 40.9 Å². The number of benzene rings is 2. The van der Waals surface area contributed by atoms with E-state index in [1.54, 1.807) is 30.3 Å². The van der Waals surface area contributed by atoms with Crippen LogP contribution in [0, 0.1) is 5.82 Å². The van der Waals surface area contributed by atoms with E-state index in [0.717, 1.165) is 0 Å². The van der Waals surface area contributed by atoms with Gasteiger partial charge in [-0.25, -0.2) is 4.39 Å². The first-order chi connectivity index (χ1) is 9.00. The Bertz CT molecular complexity index is 604. The molecule has 1 unspecified atom stereocenters. The molecule has 0 amide bonds. The summed E-state index contributed by atoms with van der Waals surface area (Å²) >= 11 is 15.3. The second kappa shape index (κ2) is 6.23. The highest BCUT2D eigenvalue weighted by molar-refractivity contribution is 9.10. The third-order valence-electron chi connectivity index (χ3n) is 2.79. The van der Waals surface area contributed by atoms with Crippen LogP contribution < -0.4 is 0 Å². The van der Waals surface area contributed by atoms with Crippen molar-refractivity contribution in [3.05, 3.63) is 67.9 Å². The molecule has 2 aromatic rings. The topological polar surface area (TPSA) is 20.2 Å². The Balaban J connectivity index is 2.28. The molecule has 0 saturated heterocycles. The highest BCUT2D eigenvalue weighted by Gasteiger charge is 2.16. The van der Waals surface area contributed by atoms with Crippen LogP contribution in [0.3, 0.4) is 0 Å². The van der Waals surface area contributed by atoms with E-state index in [2.05, 4.69) is 15.9 Å². The Morgan fingerprint density at radius 2 is 1.79 bits per heavy atom. The van der Waals surface area contributed by atoms with Crippen molar-refractivity contribution in [1.29, 1.82) is 0 Å². The Kier molecular flexibility index (Phi) is 4.85. The zero-order valence-electron chi connectivity index (χ0n) is 9.71. The van der Waals surface area contributed by atoms with Gasteiger partial charge in [-0.2, -0.15) is 0 Å². The fourth-order valence-electron chi connectivity index (χ4n) is 1.80. The van der Waals surface area contributed by atoms with Gasteiger partial charge < -0.3 is 5.11 Å². The van der Waals surface area contributed by atoms with Gasteiger partial charge in [0.15, 0.2) is 0 Å². The van der Waals surface area contributed by atoms with Gasteiger partial charge in [0, 0.05) is 16.5 Å². The van der Waals surface area contributed by atoms with Gasteiger partial charge in [0.05, 0.1) is 16.1 Å². The third-order valence-corrected chi connectivity index (χ3v) is 4.52. The molecule has 0 aliphatic rings. The number of hydrogen-bond acceptors (Lipinski definition) is 1. The summed E-state index contributed by atoms with van der Waals surface area (Å²) in [5.74, 6) is -0.494. The van der Waals surface area contributed by atoms with Crippen molar-refractivity contribution < 1.29 is 9.50 Å². The van der Waals surface area contributed by atoms with Crippen LogP contribution in [0.4, 0.5) is 4.39 Å². The van der Waals surface area contributed by atoms with Crippen molar-refractivity contribution in [2.24, 2.45) is 0 Å². The van der Waals surface area contributed by atoms with Crippen LogP contribution in [0.1, 0.15) is 17.2 Å². The summed E-state index contributed by atoms with van der Waals surface area (Å²) in [5, 5.41) is 10.7. The summed E-state index contributed by atoms with van der Waals surface area (Å²) in [6, 6.07) is 9.82. The van der Waals surface area contributed by atoms with Crippen molar-refractivity contribution in [3.8, 4) is 0 Å². The number of hydrogen-bond donors (Lipinski definition) is 1. The summed E-state index contributed by atoms with van der Waals surface area (Å²) in [6.07, 6.45) is -0.642. The summed E-state index contributed by atoms with van der Waals surface area (Å²) in [5.41, 5.74) is 1.13. The van der Waals surface area contributed by atoms with Crippen molar-refractivity contribution >= 4 is 39.1 Å². The second-order valence-corrected chi connectivity index (χ2v) is 5.69. The maximum Gasteiger partial charge on any atom is 0.142 e. The minimum absolute atomic E-state index is 0.0349.